The molecule has 0 saturated heterocycles. The summed E-state index contributed by atoms with van der Waals surface area (Å²) in [6.45, 7) is 5.60. The van der Waals surface area contributed by atoms with Crippen LogP contribution in [0.4, 0.5) is 0 Å². The molecular weight excluding hydrogens is 260 g/mol. The molecule has 0 radical (unpaired) electrons. The zero-order valence-corrected chi connectivity index (χ0v) is 12.0. The molecule has 1 rings (SSSR count). The van der Waals surface area contributed by atoms with Gasteiger partial charge in [-0.3, -0.25) is 9.59 Å². The van der Waals surface area contributed by atoms with Crippen molar-refractivity contribution in [3.8, 4) is 5.75 Å². The van der Waals surface area contributed by atoms with Crippen LogP contribution >= 0.6 is 0 Å². The van der Waals surface area contributed by atoms with Gasteiger partial charge in [-0.1, -0.05) is 6.07 Å². The van der Waals surface area contributed by atoms with Crippen LogP contribution in [0.1, 0.15) is 25.0 Å². The molecule has 0 spiro atoms. The number of aromatic hydroxyl groups is 1. The number of esters is 2. The van der Waals surface area contributed by atoms with Crippen molar-refractivity contribution in [3.05, 3.63) is 29.3 Å². The Morgan fingerprint density at radius 1 is 1.15 bits per heavy atom. The molecule has 0 fully saturated rings. The van der Waals surface area contributed by atoms with Crippen LogP contribution in [0.15, 0.2) is 18.2 Å². The Morgan fingerprint density at radius 2 is 1.70 bits per heavy atom. The second-order valence-corrected chi connectivity index (χ2v) is 4.37. The average molecular weight is 280 g/mol. The number of ether oxygens (including phenoxy) is 2. The molecule has 1 aromatic carbocycles. The number of carbonyl (C=O) groups excluding carboxylic acids is 2. The molecule has 1 aromatic rings. The third-order valence-corrected chi connectivity index (χ3v) is 2.89. The highest BCUT2D eigenvalue weighted by Crippen LogP contribution is 2.20. The van der Waals surface area contributed by atoms with E-state index in [1.165, 1.54) is 6.07 Å². The Morgan fingerprint density at radius 3 is 2.15 bits per heavy atom. The second kappa shape index (κ2) is 7.53. The van der Waals surface area contributed by atoms with Crippen LogP contribution < -0.4 is 0 Å². The summed E-state index contributed by atoms with van der Waals surface area (Å²) in [6, 6.07) is 4.80. The Kier molecular flexibility index (Phi) is 6.03. The molecule has 0 atom stereocenters. The van der Waals surface area contributed by atoms with E-state index in [9.17, 15) is 14.7 Å². The fourth-order valence-corrected chi connectivity index (χ4v) is 1.88. The molecule has 0 aliphatic heterocycles. The zero-order valence-electron chi connectivity index (χ0n) is 12.0. The fraction of sp³-hybridized carbons (Fsp3) is 0.467. The Balaban J connectivity index is 2.93. The molecule has 110 valence electrons. The minimum Gasteiger partial charge on any atom is -0.508 e. The van der Waals surface area contributed by atoms with Gasteiger partial charge < -0.3 is 14.6 Å². The SMILES string of the molecule is CCOC(=O)C(Cc1ccc(O)cc1C)C(=O)OCC. The third kappa shape index (κ3) is 4.26. The van der Waals surface area contributed by atoms with Crippen molar-refractivity contribution < 1.29 is 24.2 Å². The van der Waals surface area contributed by atoms with Gasteiger partial charge in [0, 0.05) is 0 Å². The number of carbonyl (C=O) groups is 2. The first kappa shape index (κ1) is 16.0. The molecule has 0 bridgehead atoms. The molecule has 20 heavy (non-hydrogen) atoms. The summed E-state index contributed by atoms with van der Waals surface area (Å²) in [5.41, 5.74) is 1.61. The summed E-state index contributed by atoms with van der Waals surface area (Å²) in [4.78, 5) is 23.7. The molecule has 5 nitrogen and oxygen atoms in total. The summed E-state index contributed by atoms with van der Waals surface area (Å²) in [6.07, 6.45) is 0.198. The lowest BCUT2D eigenvalue weighted by Crippen LogP contribution is -2.30. The van der Waals surface area contributed by atoms with Gasteiger partial charge in [0.1, 0.15) is 5.75 Å². The van der Waals surface area contributed by atoms with E-state index in [-0.39, 0.29) is 25.4 Å². The van der Waals surface area contributed by atoms with Crippen molar-refractivity contribution >= 4 is 11.9 Å². The van der Waals surface area contributed by atoms with Gasteiger partial charge in [0.25, 0.3) is 0 Å². The molecule has 5 heteroatoms. The summed E-state index contributed by atoms with van der Waals surface area (Å²) in [5.74, 6) is -2.00. The van der Waals surface area contributed by atoms with E-state index in [0.717, 1.165) is 11.1 Å². The van der Waals surface area contributed by atoms with Crippen LogP contribution in [0.25, 0.3) is 0 Å². The van der Waals surface area contributed by atoms with Crippen molar-refractivity contribution in [1.29, 1.82) is 0 Å². The lowest BCUT2D eigenvalue weighted by Gasteiger charge is -2.15. The zero-order chi connectivity index (χ0) is 15.1. The topological polar surface area (TPSA) is 72.8 Å². The number of phenols is 1. The van der Waals surface area contributed by atoms with E-state index < -0.39 is 17.9 Å². The van der Waals surface area contributed by atoms with Gasteiger partial charge >= 0.3 is 11.9 Å². The first-order valence-corrected chi connectivity index (χ1v) is 6.61. The van der Waals surface area contributed by atoms with Gasteiger partial charge in [-0.05, 0) is 50.5 Å². The average Bonchev–Trinajstić information content (AvgIpc) is 2.38. The maximum atomic E-state index is 11.9. The molecule has 0 unspecified atom stereocenters. The number of benzene rings is 1. The minimum absolute atomic E-state index is 0.148. The van der Waals surface area contributed by atoms with E-state index >= 15 is 0 Å². The number of phenolic OH excluding ortho intramolecular Hbond substituents is 1. The van der Waals surface area contributed by atoms with Crippen LogP contribution in [0, 0.1) is 12.8 Å². The van der Waals surface area contributed by atoms with E-state index in [1.54, 1.807) is 26.0 Å². The van der Waals surface area contributed by atoms with Crippen molar-refractivity contribution in [3.63, 3.8) is 0 Å². The highest BCUT2D eigenvalue weighted by Gasteiger charge is 2.30. The van der Waals surface area contributed by atoms with Crippen LogP contribution in [-0.4, -0.2) is 30.3 Å². The van der Waals surface area contributed by atoms with Crippen molar-refractivity contribution in [2.75, 3.05) is 13.2 Å². The Hall–Kier alpha value is -2.04. The van der Waals surface area contributed by atoms with Crippen molar-refractivity contribution in [2.45, 2.75) is 27.2 Å². The molecule has 0 amide bonds. The minimum atomic E-state index is -0.974. The third-order valence-electron chi connectivity index (χ3n) is 2.89. The van der Waals surface area contributed by atoms with E-state index in [4.69, 9.17) is 9.47 Å². The van der Waals surface area contributed by atoms with Gasteiger partial charge in [0.2, 0.25) is 0 Å². The van der Waals surface area contributed by atoms with E-state index in [2.05, 4.69) is 0 Å². The quantitative estimate of drug-likeness (QED) is 0.637. The van der Waals surface area contributed by atoms with Crippen LogP contribution in [0.3, 0.4) is 0 Å². The van der Waals surface area contributed by atoms with Crippen LogP contribution in [0.2, 0.25) is 0 Å². The maximum Gasteiger partial charge on any atom is 0.320 e. The van der Waals surface area contributed by atoms with Gasteiger partial charge in [0.05, 0.1) is 13.2 Å². The Labute approximate surface area is 118 Å². The van der Waals surface area contributed by atoms with Gasteiger partial charge in [0.15, 0.2) is 5.92 Å². The lowest BCUT2D eigenvalue weighted by atomic mass is 9.96. The normalized spacial score (nSPS) is 10.4. The van der Waals surface area contributed by atoms with Gasteiger partial charge in [-0.2, -0.15) is 0 Å². The van der Waals surface area contributed by atoms with Gasteiger partial charge in [-0.25, -0.2) is 0 Å². The van der Waals surface area contributed by atoms with Gasteiger partial charge in [-0.15, -0.1) is 0 Å². The molecule has 0 heterocycles. The highest BCUT2D eigenvalue weighted by atomic mass is 16.6. The van der Waals surface area contributed by atoms with E-state index in [1.807, 2.05) is 6.92 Å². The highest BCUT2D eigenvalue weighted by molar-refractivity contribution is 5.95. The molecule has 1 N–H and O–H groups in total. The standard InChI is InChI=1S/C15H20O5/c1-4-19-14(17)13(15(18)20-5-2)9-11-6-7-12(16)8-10(11)3/h6-8,13,16H,4-5,9H2,1-3H3. The number of hydrogen-bond donors (Lipinski definition) is 1. The molecule has 0 aliphatic carbocycles. The number of rotatable bonds is 6. The molecule has 0 saturated carbocycles. The van der Waals surface area contributed by atoms with Crippen molar-refractivity contribution in [1.82, 2.24) is 0 Å². The summed E-state index contributed by atoms with van der Waals surface area (Å²) in [7, 11) is 0. The fourth-order valence-electron chi connectivity index (χ4n) is 1.88. The lowest BCUT2D eigenvalue weighted by molar-refractivity contribution is -0.161. The first-order chi connectivity index (χ1) is 9.49. The summed E-state index contributed by atoms with van der Waals surface area (Å²) in [5, 5.41) is 9.38. The molecule has 0 aromatic heterocycles. The van der Waals surface area contributed by atoms with Crippen LogP contribution in [-0.2, 0) is 25.5 Å². The van der Waals surface area contributed by atoms with Crippen molar-refractivity contribution in [2.24, 2.45) is 5.92 Å². The predicted octanol–water partition coefficient (Wildman–Crippen LogP) is 1.99. The van der Waals surface area contributed by atoms with Crippen LogP contribution in [0.5, 0.6) is 5.75 Å². The number of aryl methyl sites for hydroxylation is 1. The first-order valence-electron chi connectivity index (χ1n) is 6.61. The smallest absolute Gasteiger partial charge is 0.320 e. The summed E-state index contributed by atoms with van der Waals surface area (Å²) >= 11 is 0. The molecule has 0 aliphatic rings. The van der Waals surface area contributed by atoms with E-state index in [0.29, 0.717) is 0 Å². The monoisotopic (exact) mass is 280 g/mol. The number of hydrogen-bond acceptors (Lipinski definition) is 5. The predicted molar refractivity (Wildman–Crippen MR) is 73.3 cm³/mol. The Bertz CT molecular complexity index is 463. The largest absolute Gasteiger partial charge is 0.508 e. The molecular formula is C15H20O5. The summed E-state index contributed by atoms with van der Waals surface area (Å²) < 4.78 is 9.84. The maximum absolute atomic E-state index is 11.9. The second-order valence-electron chi connectivity index (χ2n) is 4.37.